The molecule has 0 bridgehead atoms. The molecule has 2 aromatic rings. The molecule has 0 atom stereocenters. The first-order valence-corrected chi connectivity index (χ1v) is 4.02. The van der Waals surface area contributed by atoms with Gasteiger partial charge in [0.25, 0.3) is 0 Å². The number of H-pyrrole nitrogens is 1. The van der Waals surface area contributed by atoms with Crippen molar-refractivity contribution in [2.75, 3.05) is 0 Å². The van der Waals surface area contributed by atoms with Gasteiger partial charge in [-0.15, -0.1) is 0 Å². The molecular weight excluding hydrogens is 209 g/mol. The average molecular weight is 214 g/mol. The Kier molecular flexibility index (Phi) is 1.99. The summed E-state index contributed by atoms with van der Waals surface area (Å²) in [5.41, 5.74) is -1.36. The van der Waals surface area contributed by atoms with E-state index >= 15 is 0 Å². The lowest BCUT2D eigenvalue weighted by Crippen LogP contribution is -2.09. The lowest BCUT2D eigenvalue weighted by Gasteiger charge is -2.09. The van der Waals surface area contributed by atoms with E-state index in [9.17, 15) is 18.0 Å². The summed E-state index contributed by atoms with van der Waals surface area (Å²) in [7, 11) is 0. The molecule has 15 heavy (non-hydrogen) atoms. The van der Waals surface area contributed by atoms with E-state index in [1.807, 2.05) is 0 Å². The van der Waals surface area contributed by atoms with Crippen molar-refractivity contribution in [3.05, 3.63) is 29.6 Å². The van der Waals surface area contributed by atoms with E-state index in [0.717, 1.165) is 12.4 Å². The smallest absolute Gasteiger partial charge is 0.345 e. The average Bonchev–Trinajstić information content (AvgIpc) is 2.61. The highest BCUT2D eigenvalue weighted by molar-refractivity contribution is 5.89. The Hall–Kier alpha value is -1.85. The molecule has 0 fully saturated rings. The van der Waals surface area contributed by atoms with Gasteiger partial charge in [0.2, 0.25) is 0 Å². The lowest BCUT2D eigenvalue weighted by atomic mass is 10.1. The van der Waals surface area contributed by atoms with Crippen LogP contribution in [0.25, 0.3) is 11.0 Å². The molecule has 0 radical (unpaired) electrons. The van der Waals surface area contributed by atoms with E-state index in [1.54, 1.807) is 0 Å². The highest BCUT2D eigenvalue weighted by Gasteiger charge is 2.36. The van der Waals surface area contributed by atoms with Crippen LogP contribution in [0.3, 0.4) is 0 Å². The molecule has 0 aliphatic carbocycles. The summed E-state index contributed by atoms with van der Waals surface area (Å²) in [4.78, 5) is 16.6. The molecule has 0 spiro atoms. The van der Waals surface area contributed by atoms with E-state index in [4.69, 9.17) is 0 Å². The Morgan fingerprint density at radius 3 is 2.67 bits per heavy atom. The maximum atomic E-state index is 12.6. The van der Waals surface area contributed by atoms with Crippen molar-refractivity contribution >= 4 is 17.3 Å². The maximum absolute atomic E-state index is 12.6. The number of aromatic amines is 1. The molecule has 2 rings (SSSR count). The van der Waals surface area contributed by atoms with Gasteiger partial charge in [-0.1, -0.05) is 0 Å². The largest absolute Gasteiger partial charge is 0.419 e. The Balaban J connectivity index is 2.86. The van der Waals surface area contributed by atoms with Crippen molar-refractivity contribution in [1.29, 1.82) is 0 Å². The molecule has 0 unspecified atom stereocenters. The fraction of sp³-hybridized carbons (Fsp3) is 0.111. The maximum Gasteiger partial charge on any atom is 0.419 e. The van der Waals surface area contributed by atoms with Crippen LogP contribution in [0.15, 0.2) is 18.5 Å². The predicted molar refractivity (Wildman–Crippen MR) is 46.5 cm³/mol. The van der Waals surface area contributed by atoms with Gasteiger partial charge in [0.15, 0.2) is 6.29 Å². The van der Waals surface area contributed by atoms with Gasteiger partial charge in [0.1, 0.15) is 5.52 Å². The first-order chi connectivity index (χ1) is 7.04. The Morgan fingerprint density at radius 1 is 1.33 bits per heavy atom. The van der Waals surface area contributed by atoms with Crippen molar-refractivity contribution in [3.8, 4) is 0 Å². The third-order valence-electron chi connectivity index (χ3n) is 2.03. The van der Waals surface area contributed by atoms with Gasteiger partial charge in [0.05, 0.1) is 17.4 Å². The highest BCUT2D eigenvalue weighted by Crippen LogP contribution is 2.35. The van der Waals surface area contributed by atoms with Crippen LogP contribution in [-0.4, -0.2) is 16.3 Å². The van der Waals surface area contributed by atoms with Crippen LogP contribution in [0, 0.1) is 0 Å². The zero-order valence-corrected chi connectivity index (χ0v) is 7.30. The minimum absolute atomic E-state index is 0.178. The summed E-state index contributed by atoms with van der Waals surface area (Å²) in [5, 5.41) is 0. The van der Waals surface area contributed by atoms with Crippen molar-refractivity contribution in [3.63, 3.8) is 0 Å². The van der Waals surface area contributed by atoms with Crippen LogP contribution >= 0.6 is 0 Å². The van der Waals surface area contributed by atoms with Crippen LogP contribution < -0.4 is 0 Å². The summed E-state index contributed by atoms with van der Waals surface area (Å²) in [5.74, 6) is 0. The minimum Gasteiger partial charge on any atom is -0.345 e. The number of alkyl halides is 3. The number of nitrogens with one attached hydrogen (secondary N) is 1. The Labute approximate surface area is 81.9 Å². The van der Waals surface area contributed by atoms with Gasteiger partial charge in [-0.05, 0) is 12.1 Å². The van der Waals surface area contributed by atoms with Gasteiger partial charge < -0.3 is 4.98 Å². The van der Waals surface area contributed by atoms with Gasteiger partial charge in [-0.3, -0.25) is 4.79 Å². The third-order valence-corrected chi connectivity index (χ3v) is 2.03. The summed E-state index contributed by atoms with van der Waals surface area (Å²) in [6, 6.07) is 2.51. The molecule has 3 nitrogen and oxygen atoms in total. The second-order valence-corrected chi connectivity index (χ2v) is 2.94. The molecule has 0 amide bonds. The van der Waals surface area contributed by atoms with Crippen LogP contribution in [0.2, 0.25) is 0 Å². The summed E-state index contributed by atoms with van der Waals surface area (Å²) >= 11 is 0. The molecule has 6 heteroatoms. The molecule has 0 saturated carbocycles. The van der Waals surface area contributed by atoms with E-state index in [-0.39, 0.29) is 17.3 Å². The summed E-state index contributed by atoms with van der Waals surface area (Å²) < 4.78 is 37.9. The Morgan fingerprint density at radius 2 is 2.07 bits per heavy atom. The second kappa shape index (κ2) is 3.08. The molecule has 1 N–H and O–H groups in total. The van der Waals surface area contributed by atoms with Crippen LogP contribution in [0.4, 0.5) is 13.2 Å². The minimum atomic E-state index is -4.58. The topological polar surface area (TPSA) is 45.8 Å². The quantitative estimate of drug-likeness (QED) is 0.741. The van der Waals surface area contributed by atoms with Gasteiger partial charge in [-0.2, -0.15) is 13.2 Å². The van der Waals surface area contributed by atoms with Gasteiger partial charge >= 0.3 is 6.18 Å². The number of rotatable bonds is 1. The van der Waals surface area contributed by atoms with Gasteiger partial charge in [0, 0.05) is 5.56 Å². The van der Waals surface area contributed by atoms with Crippen molar-refractivity contribution in [2.24, 2.45) is 0 Å². The molecule has 0 saturated heterocycles. The van der Waals surface area contributed by atoms with Gasteiger partial charge in [-0.25, -0.2) is 4.98 Å². The standard InChI is InChI=1S/C9H5F3N2O/c10-9(11,12)7-5(3-15)1-2-6-8(7)14-4-13-6/h1-4H,(H,13,14). The van der Waals surface area contributed by atoms with E-state index in [2.05, 4.69) is 9.97 Å². The van der Waals surface area contributed by atoms with Crippen molar-refractivity contribution in [1.82, 2.24) is 9.97 Å². The van der Waals surface area contributed by atoms with E-state index in [1.165, 1.54) is 6.07 Å². The highest BCUT2D eigenvalue weighted by atomic mass is 19.4. The van der Waals surface area contributed by atoms with Crippen LogP contribution in [0.1, 0.15) is 15.9 Å². The third kappa shape index (κ3) is 1.47. The number of carbonyl (C=O) groups is 1. The number of benzene rings is 1. The molecule has 1 heterocycles. The SMILES string of the molecule is O=Cc1ccc2[nH]cnc2c1C(F)(F)F. The first kappa shape index (κ1) is 9.70. The van der Waals surface area contributed by atoms with Crippen molar-refractivity contribution < 1.29 is 18.0 Å². The number of hydrogen-bond donors (Lipinski definition) is 1. The number of carbonyl (C=O) groups excluding carboxylic acids is 1. The van der Waals surface area contributed by atoms with Crippen molar-refractivity contribution in [2.45, 2.75) is 6.18 Å². The van der Waals surface area contributed by atoms with E-state index < -0.39 is 17.3 Å². The first-order valence-electron chi connectivity index (χ1n) is 4.02. The molecule has 78 valence electrons. The summed E-state index contributed by atoms with van der Waals surface area (Å²) in [6.45, 7) is 0. The molecule has 1 aromatic heterocycles. The number of nitrogens with zero attached hydrogens (tertiary/aromatic N) is 1. The zero-order chi connectivity index (χ0) is 11.1. The second-order valence-electron chi connectivity index (χ2n) is 2.94. The number of aldehydes is 1. The number of aromatic nitrogens is 2. The lowest BCUT2D eigenvalue weighted by molar-refractivity contribution is -0.136. The van der Waals surface area contributed by atoms with Crippen LogP contribution in [0.5, 0.6) is 0 Å². The number of hydrogen-bond acceptors (Lipinski definition) is 2. The van der Waals surface area contributed by atoms with E-state index in [0.29, 0.717) is 0 Å². The number of fused-ring (bicyclic) bond motifs is 1. The normalized spacial score (nSPS) is 11.9. The zero-order valence-electron chi connectivity index (χ0n) is 7.30. The molecular formula is C9H5F3N2O. The Bertz CT molecular complexity index is 516. The number of imidazole rings is 1. The molecule has 0 aliphatic heterocycles. The number of halogens is 3. The monoisotopic (exact) mass is 214 g/mol. The summed E-state index contributed by atoms with van der Waals surface area (Å²) in [6.07, 6.45) is -3.24. The fourth-order valence-corrected chi connectivity index (χ4v) is 1.42. The molecule has 0 aliphatic rings. The predicted octanol–water partition coefficient (Wildman–Crippen LogP) is 2.39. The van der Waals surface area contributed by atoms with Crippen LogP contribution in [-0.2, 0) is 6.18 Å². The fourth-order valence-electron chi connectivity index (χ4n) is 1.42. The molecule has 1 aromatic carbocycles.